The SMILES string of the molecule is Cc1ccc(NC(=O)C(C)(C)C(=O)NCCN2CCOCC2)cc1C. The maximum atomic E-state index is 12.5. The normalized spacial score (nSPS) is 15.7. The molecule has 2 N–H and O–H groups in total. The molecule has 25 heavy (non-hydrogen) atoms. The quantitative estimate of drug-likeness (QED) is 0.769. The fraction of sp³-hybridized carbons (Fsp3) is 0.579. The maximum Gasteiger partial charge on any atom is 0.239 e. The number of nitrogens with one attached hydrogen (secondary N) is 2. The molecule has 2 amide bonds. The number of anilines is 1. The molecule has 6 nitrogen and oxygen atoms in total. The van der Waals surface area contributed by atoms with E-state index in [0.717, 1.165) is 44.0 Å². The number of rotatable bonds is 6. The van der Waals surface area contributed by atoms with Crippen molar-refractivity contribution in [3.05, 3.63) is 29.3 Å². The molecule has 0 bridgehead atoms. The Morgan fingerprint density at radius 2 is 1.80 bits per heavy atom. The monoisotopic (exact) mass is 347 g/mol. The predicted molar refractivity (Wildman–Crippen MR) is 98.6 cm³/mol. The first-order chi connectivity index (χ1) is 11.8. The fourth-order valence-corrected chi connectivity index (χ4v) is 2.58. The zero-order valence-electron chi connectivity index (χ0n) is 15.6. The van der Waals surface area contributed by atoms with Gasteiger partial charge in [0, 0.05) is 31.9 Å². The van der Waals surface area contributed by atoms with Crippen molar-refractivity contribution in [2.45, 2.75) is 27.7 Å². The third-order valence-corrected chi connectivity index (χ3v) is 4.72. The van der Waals surface area contributed by atoms with Crippen LogP contribution >= 0.6 is 0 Å². The smallest absolute Gasteiger partial charge is 0.239 e. The van der Waals surface area contributed by atoms with E-state index < -0.39 is 5.41 Å². The Labute approximate surface area is 149 Å². The van der Waals surface area contributed by atoms with Crippen LogP contribution in [-0.4, -0.2) is 56.1 Å². The van der Waals surface area contributed by atoms with Gasteiger partial charge in [-0.05, 0) is 51.0 Å². The van der Waals surface area contributed by atoms with Gasteiger partial charge in [-0.2, -0.15) is 0 Å². The van der Waals surface area contributed by atoms with E-state index in [4.69, 9.17) is 4.74 Å². The number of aryl methyl sites for hydroxylation is 2. The van der Waals surface area contributed by atoms with Crippen LogP contribution in [0.25, 0.3) is 0 Å². The molecule has 0 spiro atoms. The van der Waals surface area contributed by atoms with E-state index in [0.29, 0.717) is 12.2 Å². The minimum atomic E-state index is -1.14. The fourth-order valence-electron chi connectivity index (χ4n) is 2.58. The zero-order valence-corrected chi connectivity index (χ0v) is 15.6. The van der Waals surface area contributed by atoms with Crippen molar-refractivity contribution >= 4 is 17.5 Å². The lowest BCUT2D eigenvalue weighted by atomic mass is 9.91. The Morgan fingerprint density at radius 1 is 1.12 bits per heavy atom. The summed E-state index contributed by atoms with van der Waals surface area (Å²) >= 11 is 0. The highest BCUT2D eigenvalue weighted by atomic mass is 16.5. The predicted octanol–water partition coefficient (Wildman–Crippen LogP) is 1.72. The Bertz CT molecular complexity index is 622. The summed E-state index contributed by atoms with van der Waals surface area (Å²) in [6.45, 7) is 11.8. The molecular formula is C19H29N3O3. The lowest BCUT2D eigenvalue weighted by Gasteiger charge is -2.27. The first-order valence-corrected chi connectivity index (χ1v) is 8.78. The van der Waals surface area contributed by atoms with Gasteiger partial charge in [-0.15, -0.1) is 0 Å². The van der Waals surface area contributed by atoms with Gasteiger partial charge in [-0.1, -0.05) is 6.07 Å². The summed E-state index contributed by atoms with van der Waals surface area (Å²) in [5.74, 6) is -0.568. The number of ether oxygens (including phenoxy) is 1. The molecule has 6 heteroatoms. The van der Waals surface area contributed by atoms with Crippen molar-refractivity contribution in [2.24, 2.45) is 5.41 Å². The lowest BCUT2D eigenvalue weighted by Crippen LogP contribution is -2.48. The Kier molecular flexibility index (Phi) is 6.56. The number of hydrogen-bond donors (Lipinski definition) is 2. The highest BCUT2D eigenvalue weighted by molar-refractivity contribution is 6.09. The number of morpholine rings is 1. The molecular weight excluding hydrogens is 318 g/mol. The van der Waals surface area contributed by atoms with Crippen LogP contribution < -0.4 is 10.6 Å². The molecule has 0 saturated carbocycles. The van der Waals surface area contributed by atoms with Crippen LogP contribution in [0.15, 0.2) is 18.2 Å². The molecule has 1 aliphatic rings. The maximum absolute atomic E-state index is 12.5. The van der Waals surface area contributed by atoms with Gasteiger partial charge in [-0.25, -0.2) is 0 Å². The van der Waals surface area contributed by atoms with Gasteiger partial charge < -0.3 is 15.4 Å². The summed E-state index contributed by atoms with van der Waals surface area (Å²) in [6.07, 6.45) is 0. The first-order valence-electron chi connectivity index (χ1n) is 8.78. The topological polar surface area (TPSA) is 70.7 Å². The van der Waals surface area contributed by atoms with Crippen molar-refractivity contribution in [3.63, 3.8) is 0 Å². The average Bonchev–Trinajstić information content (AvgIpc) is 2.59. The van der Waals surface area contributed by atoms with Crippen molar-refractivity contribution in [1.82, 2.24) is 10.2 Å². The Morgan fingerprint density at radius 3 is 2.44 bits per heavy atom. The molecule has 0 radical (unpaired) electrons. The second-order valence-electron chi connectivity index (χ2n) is 7.09. The molecule has 1 aliphatic heterocycles. The van der Waals surface area contributed by atoms with Crippen LogP contribution in [0.5, 0.6) is 0 Å². The molecule has 0 unspecified atom stereocenters. The van der Waals surface area contributed by atoms with Gasteiger partial charge >= 0.3 is 0 Å². The summed E-state index contributed by atoms with van der Waals surface area (Å²) in [5.41, 5.74) is 1.84. The summed E-state index contributed by atoms with van der Waals surface area (Å²) in [7, 11) is 0. The highest BCUT2D eigenvalue weighted by Gasteiger charge is 2.36. The van der Waals surface area contributed by atoms with Crippen LogP contribution in [0.2, 0.25) is 0 Å². The third kappa shape index (κ3) is 5.28. The van der Waals surface area contributed by atoms with Gasteiger partial charge in [0.25, 0.3) is 0 Å². The lowest BCUT2D eigenvalue weighted by molar-refractivity contribution is -0.138. The zero-order chi connectivity index (χ0) is 18.4. The van der Waals surface area contributed by atoms with Gasteiger partial charge in [0.1, 0.15) is 5.41 Å². The van der Waals surface area contributed by atoms with Crippen molar-refractivity contribution in [3.8, 4) is 0 Å². The van der Waals surface area contributed by atoms with E-state index in [9.17, 15) is 9.59 Å². The van der Waals surface area contributed by atoms with E-state index in [1.807, 2.05) is 32.0 Å². The van der Waals surface area contributed by atoms with Gasteiger partial charge in [0.15, 0.2) is 0 Å². The van der Waals surface area contributed by atoms with Gasteiger partial charge in [0.05, 0.1) is 13.2 Å². The number of carbonyl (C=O) groups is 2. The molecule has 0 aromatic heterocycles. The molecule has 0 atom stereocenters. The van der Waals surface area contributed by atoms with Crippen LogP contribution in [0, 0.1) is 19.3 Å². The third-order valence-electron chi connectivity index (χ3n) is 4.72. The average molecular weight is 347 g/mol. The number of carbonyl (C=O) groups excluding carboxylic acids is 2. The van der Waals surface area contributed by atoms with E-state index >= 15 is 0 Å². The van der Waals surface area contributed by atoms with Crippen molar-refractivity contribution in [1.29, 1.82) is 0 Å². The summed E-state index contributed by atoms with van der Waals surface area (Å²) in [6, 6.07) is 5.73. The molecule has 2 rings (SSSR count). The highest BCUT2D eigenvalue weighted by Crippen LogP contribution is 2.20. The van der Waals surface area contributed by atoms with E-state index in [1.165, 1.54) is 0 Å². The molecule has 1 heterocycles. The number of hydrogen-bond acceptors (Lipinski definition) is 4. The largest absolute Gasteiger partial charge is 0.379 e. The second kappa shape index (κ2) is 8.45. The molecule has 1 aromatic carbocycles. The Balaban J connectivity index is 1.85. The number of benzene rings is 1. The van der Waals surface area contributed by atoms with Crippen molar-refractivity contribution in [2.75, 3.05) is 44.7 Å². The first kappa shape index (κ1) is 19.4. The number of nitrogens with zero attached hydrogens (tertiary/aromatic N) is 1. The minimum Gasteiger partial charge on any atom is -0.379 e. The van der Waals surface area contributed by atoms with E-state index in [-0.39, 0.29) is 11.8 Å². The van der Waals surface area contributed by atoms with Crippen LogP contribution in [-0.2, 0) is 14.3 Å². The van der Waals surface area contributed by atoms with Crippen molar-refractivity contribution < 1.29 is 14.3 Å². The Hall–Kier alpha value is -1.92. The molecule has 1 saturated heterocycles. The molecule has 1 aromatic rings. The minimum absolute atomic E-state index is 0.262. The van der Waals surface area contributed by atoms with Crippen LogP contribution in [0.1, 0.15) is 25.0 Å². The summed E-state index contributed by atoms with van der Waals surface area (Å²) in [5, 5.41) is 5.72. The van der Waals surface area contributed by atoms with Crippen LogP contribution in [0.4, 0.5) is 5.69 Å². The number of amides is 2. The van der Waals surface area contributed by atoms with Gasteiger partial charge in [0.2, 0.25) is 11.8 Å². The molecule has 1 fully saturated rings. The standard InChI is InChI=1S/C19H29N3O3/c1-14-5-6-16(13-15(14)2)21-18(24)19(3,4)17(23)20-7-8-22-9-11-25-12-10-22/h5-6,13H,7-12H2,1-4H3,(H,20,23)(H,21,24). The van der Waals surface area contributed by atoms with Crippen LogP contribution in [0.3, 0.4) is 0 Å². The molecule has 138 valence electrons. The molecule has 0 aliphatic carbocycles. The second-order valence-corrected chi connectivity index (χ2v) is 7.09. The van der Waals surface area contributed by atoms with E-state index in [2.05, 4.69) is 15.5 Å². The summed E-state index contributed by atoms with van der Waals surface area (Å²) in [4.78, 5) is 27.2. The van der Waals surface area contributed by atoms with Gasteiger partial charge in [-0.3, -0.25) is 14.5 Å². The van der Waals surface area contributed by atoms with E-state index in [1.54, 1.807) is 13.8 Å². The summed E-state index contributed by atoms with van der Waals surface area (Å²) < 4.78 is 5.30.